The molecule has 0 aliphatic carbocycles. The van der Waals surface area contributed by atoms with Crippen LogP contribution < -0.4 is 10.6 Å². The normalized spacial score (nSPS) is 13.4. The van der Waals surface area contributed by atoms with Crippen molar-refractivity contribution >= 4 is 11.6 Å². The molecule has 0 aliphatic heterocycles. The number of hydrogen-bond donors (Lipinski definition) is 2. The molecule has 5 heteroatoms. The minimum Gasteiger partial charge on any atom is -0.371 e. The standard InChI is InChI=1S/C14H26N4O/c1-10(2)7-15-13(19)11(3)17-12-8-16-18(9-12)14(4,5)6/h8-11,17H,7H2,1-6H3,(H,15,19)/t11-/m1/s1. The molecule has 2 N–H and O–H groups in total. The number of rotatable bonds is 5. The van der Waals surface area contributed by atoms with Gasteiger partial charge in [-0.25, -0.2) is 0 Å². The van der Waals surface area contributed by atoms with Crippen LogP contribution in [0.1, 0.15) is 41.5 Å². The van der Waals surface area contributed by atoms with Gasteiger partial charge < -0.3 is 10.6 Å². The lowest BCUT2D eigenvalue weighted by molar-refractivity contribution is -0.121. The highest BCUT2D eigenvalue weighted by atomic mass is 16.2. The Labute approximate surface area is 115 Å². The summed E-state index contributed by atoms with van der Waals surface area (Å²) < 4.78 is 1.88. The zero-order valence-corrected chi connectivity index (χ0v) is 12.8. The van der Waals surface area contributed by atoms with Crippen LogP contribution in [0.4, 0.5) is 5.69 Å². The van der Waals surface area contributed by atoms with Gasteiger partial charge in [-0.05, 0) is 33.6 Å². The van der Waals surface area contributed by atoms with E-state index >= 15 is 0 Å². The van der Waals surface area contributed by atoms with Gasteiger partial charge in [0.15, 0.2) is 0 Å². The van der Waals surface area contributed by atoms with Crippen molar-refractivity contribution < 1.29 is 4.79 Å². The van der Waals surface area contributed by atoms with Crippen LogP contribution in [0.25, 0.3) is 0 Å². The van der Waals surface area contributed by atoms with E-state index in [2.05, 4.69) is 50.4 Å². The van der Waals surface area contributed by atoms with Gasteiger partial charge in [-0.15, -0.1) is 0 Å². The monoisotopic (exact) mass is 266 g/mol. The fraction of sp³-hybridized carbons (Fsp3) is 0.714. The predicted octanol–water partition coefficient (Wildman–Crippen LogP) is 2.21. The molecule has 0 aromatic carbocycles. The summed E-state index contributed by atoms with van der Waals surface area (Å²) in [5.74, 6) is 0.469. The molecule has 0 fully saturated rings. The van der Waals surface area contributed by atoms with E-state index in [1.165, 1.54) is 0 Å². The first-order chi connectivity index (χ1) is 8.70. The molecule has 0 saturated carbocycles. The topological polar surface area (TPSA) is 59.0 Å². The van der Waals surface area contributed by atoms with Gasteiger partial charge >= 0.3 is 0 Å². The summed E-state index contributed by atoms with van der Waals surface area (Å²) in [5.41, 5.74) is 0.811. The van der Waals surface area contributed by atoms with Crippen LogP contribution in [0.2, 0.25) is 0 Å². The smallest absolute Gasteiger partial charge is 0.242 e. The minimum absolute atomic E-state index is 0.0113. The van der Waals surface area contributed by atoms with E-state index in [1.807, 2.05) is 17.8 Å². The van der Waals surface area contributed by atoms with Crippen LogP contribution in [0.5, 0.6) is 0 Å². The molecule has 1 atom stereocenters. The van der Waals surface area contributed by atoms with E-state index in [-0.39, 0.29) is 17.5 Å². The number of carbonyl (C=O) groups is 1. The Morgan fingerprint density at radius 1 is 1.37 bits per heavy atom. The largest absolute Gasteiger partial charge is 0.371 e. The number of amides is 1. The summed E-state index contributed by atoms with van der Waals surface area (Å²) in [6.45, 7) is 13.0. The van der Waals surface area contributed by atoms with Crippen LogP contribution in [-0.4, -0.2) is 28.3 Å². The van der Waals surface area contributed by atoms with Crippen molar-refractivity contribution in [3.05, 3.63) is 12.4 Å². The molecule has 108 valence electrons. The van der Waals surface area contributed by atoms with E-state index in [0.29, 0.717) is 12.5 Å². The van der Waals surface area contributed by atoms with Crippen LogP contribution in [0, 0.1) is 5.92 Å². The molecule has 0 unspecified atom stereocenters. The van der Waals surface area contributed by atoms with Crippen LogP contribution in [0.3, 0.4) is 0 Å². The second-order valence-corrected chi connectivity index (χ2v) is 6.35. The summed E-state index contributed by atoms with van der Waals surface area (Å²) in [6.07, 6.45) is 3.67. The number of nitrogens with one attached hydrogen (secondary N) is 2. The van der Waals surface area contributed by atoms with Gasteiger partial charge in [0.05, 0.1) is 17.4 Å². The molecule has 0 aliphatic rings. The summed E-state index contributed by atoms with van der Waals surface area (Å²) in [6, 6.07) is -0.267. The van der Waals surface area contributed by atoms with Gasteiger partial charge in [0.1, 0.15) is 6.04 Å². The Hall–Kier alpha value is -1.52. The summed E-state index contributed by atoms with van der Waals surface area (Å²) in [7, 11) is 0. The molecule has 1 aromatic rings. The molecule has 1 rings (SSSR count). The lowest BCUT2D eigenvalue weighted by atomic mass is 10.1. The van der Waals surface area contributed by atoms with Gasteiger partial charge in [-0.1, -0.05) is 13.8 Å². The first-order valence-electron chi connectivity index (χ1n) is 6.79. The Morgan fingerprint density at radius 3 is 2.47 bits per heavy atom. The molecule has 1 aromatic heterocycles. The van der Waals surface area contributed by atoms with Crippen LogP contribution in [0.15, 0.2) is 12.4 Å². The summed E-state index contributed by atoms with van der Waals surface area (Å²) in [4.78, 5) is 11.9. The molecule has 1 heterocycles. The maximum absolute atomic E-state index is 11.9. The highest BCUT2D eigenvalue weighted by Gasteiger charge is 2.16. The second-order valence-electron chi connectivity index (χ2n) is 6.35. The fourth-order valence-corrected chi connectivity index (χ4v) is 1.54. The van der Waals surface area contributed by atoms with Gasteiger partial charge in [-0.3, -0.25) is 9.48 Å². The molecule has 1 amide bonds. The number of hydrogen-bond acceptors (Lipinski definition) is 3. The van der Waals surface area contributed by atoms with Crippen molar-refractivity contribution in [2.24, 2.45) is 5.92 Å². The highest BCUT2D eigenvalue weighted by Crippen LogP contribution is 2.16. The fourth-order valence-electron chi connectivity index (χ4n) is 1.54. The molecular weight excluding hydrogens is 240 g/mol. The Morgan fingerprint density at radius 2 is 2.00 bits per heavy atom. The lowest BCUT2D eigenvalue weighted by Crippen LogP contribution is -2.39. The quantitative estimate of drug-likeness (QED) is 0.859. The molecule has 19 heavy (non-hydrogen) atoms. The number of aromatic nitrogens is 2. The molecule has 0 saturated heterocycles. The molecule has 5 nitrogen and oxygen atoms in total. The highest BCUT2D eigenvalue weighted by molar-refractivity contribution is 5.84. The van der Waals surface area contributed by atoms with Crippen molar-refractivity contribution in [3.63, 3.8) is 0 Å². The van der Waals surface area contributed by atoms with Gasteiger partial charge in [0.25, 0.3) is 0 Å². The van der Waals surface area contributed by atoms with Crippen molar-refractivity contribution in [1.82, 2.24) is 15.1 Å². The average Bonchev–Trinajstić information content (AvgIpc) is 2.73. The maximum Gasteiger partial charge on any atom is 0.242 e. The van der Waals surface area contributed by atoms with E-state index in [0.717, 1.165) is 5.69 Å². The molecule has 0 radical (unpaired) electrons. The molecule has 0 spiro atoms. The average molecular weight is 266 g/mol. The van der Waals surface area contributed by atoms with Crippen molar-refractivity contribution in [3.8, 4) is 0 Å². The van der Waals surface area contributed by atoms with E-state index < -0.39 is 0 Å². The van der Waals surface area contributed by atoms with E-state index in [9.17, 15) is 4.79 Å². The van der Waals surface area contributed by atoms with Gasteiger partial charge in [-0.2, -0.15) is 5.10 Å². The maximum atomic E-state index is 11.9. The SMILES string of the molecule is CC(C)CNC(=O)[C@@H](C)Nc1cnn(C(C)(C)C)c1. The number of nitrogens with zero attached hydrogens (tertiary/aromatic N) is 2. The number of anilines is 1. The van der Waals surface area contributed by atoms with Crippen LogP contribution >= 0.6 is 0 Å². The predicted molar refractivity (Wildman–Crippen MR) is 78.2 cm³/mol. The van der Waals surface area contributed by atoms with Crippen molar-refractivity contribution in [1.29, 1.82) is 0 Å². The molecular formula is C14H26N4O. The third-order valence-corrected chi connectivity index (χ3v) is 2.73. The second kappa shape index (κ2) is 6.08. The van der Waals surface area contributed by atoms with Crippen LogP contribution in [-0.2, 0) is 10.3 Å². The number of carbonyl (C=O) groups excluding carboxylic acids is 1. The zero-order chi connectivity index (χ0) is 14.6. The lowest BCUT2D eigenvalue weighted by Gasteiger charge is -2.19. The minimum atomic E-state index is -0.267. The first-order valence-corrected chi connectivity index (χ1v) is 6.79. The third-order valence-electron chi connectivity index (χ3n) is 2.73. The van der Waals surface area contributed by atoms with Gasteiger partial charge in [0.2, 0.25) is 5.91 Å². The van der Waals surface area contributed by atoms with Crippen molar-refractivity contribution in [2.45, 2.75) is 53.1 Å². The Kier molecular flexibility index (Phi) is 4.97. The third kappa shape index (κ3) is 4.93. The Bertz CT molecular complexity index is 417. The first kappa shape index (κ1) is 15.5. The van der Waals surface area contributed by atoms with Gasteiger partial charge in [0, 0.05) is 12.7 Å². The molecule has 0 bridgehead atoms. The summed E-state index contributed by atoms with van der Waals surface area (Å²) >= 11 is 0. The Balaban J connectivity index is 2.55. The van der Waals surface area contributed by atoms with Crippen molar-refractivity contribution in [2.75, 3.05) is 11.9 Å². The summed E-state index contributed by atoms with van der Waals surface area (Å²) in [5, 5.41) is 10.4. The van der Waals surface area contributed by atoms with E-state index in [4.69, 9.17) is 0 Å². The zero-order valence-electron chi connectivity index (χ0n) is 12.8. The van der Waals surface area contributed by atoms with E-state index in [1.54, 1.807) is 6.20 Å².